The first-order valence-corrected chi connectivity index (χ1v) is 15.3. The predicted octanol–water partition coefficient (Wildman–Crippen LogP) is 4.38. The maximum atomic E-state index is 13.1. The molecule has 1 heterocycles. The summed E-state index contributed by atoms with van der Waals surface area (Å²) in [6, 6.07) is 5.34. The minimum Gasteiger partial charge on any atom is -0.490 e. The average molecular weight is 623 g/mol. The average Bonchev–Trinajstić information content (AvgIpc) is 2.93. The highest BCUT2D eigenvalue weighted by molar-refractivity contribution is 5.90. The summed E-state index contributed by atoms with van der Waals surface area (Å²) in [5.41, 5.74) is -0.741. The van der Waals surface area contributed by atoms with Crippen molar-refractivity contribution in [2.45, 2.75) is 105 Å². The molecule has 4 unspecified atom stereocenters. The third-order valence-corrected chi connectivity index (χ3v) is 6.68. The van der Waals surface area contributed by atoms with Crippen LogP contribution in [0, 0.1) is 17.8 Å². The smallest absolute Gasteiger partial charge is 0.408 e. The Morgan fingerprint density at radius 1 is 0.909 bits per heavy atom. The third-order valence-electron chi connectivity index (χ3n) is 6.68. The molecule has 1 aliphatic heterocycles. The topological polar surface area (TPSA) is 148 Å². The molecule has 12 heteroatoms. The van der Waals surface area contributed by atoms with Crippen molar-refractivity contribution in [2.24, 2.45) is 17.8 Å². The summed E-state index contributed by atoms with van der Waals surface area (Å²) >= 11 is 0. The summed E-state index contributed by atoms with van der Waals surface area (Å²) in [6.45, 7) is 16.6. The van der Waals surface area contributed by atoms with E-state index in [-0.39, 0.29) is 24.5 Å². The van der Waals surface area contributed by atoms with Crippen molar-refractivity contribution < 1.29 is 47.6 Å². The number of hydrogen-bond donors (Lipinski definition) is 2. The van der Waals surface area contributed by atoms with Gasteiger partial charge in [0.1, 0.15) is 24.3 Å². The van der Waals surface area contributed by atoms with Gasteiger partial charge in [0, 0.05) is 13.5 Å². The van der Waals surface area contributed by atoms with Crippen LogP contribution in [0.5, 0.6) is 11.5 Å². The Kier molecular flexibility index (Phi) is 14.2. The molecule has 0 spiro atoms. The minimum atomic E-state index is -1.19. The number of nitrogens with one attached hydrogen (secondary N) is 2. The summed E-state index contributed by atoms with van der Waals surface area (Å²) in [5, 5.41) is 5.24. The van der Waals surface area contributed by atoms with E-state index in [4.69, 9.17) is 28.4 Å². The van der Waals surface area contributed by atoms with Gasteiger partial charge in [0.15, 0.2) is 11.5 Å². The van der Waals surface area contributed by atoms with Crippen molar-refractivity contribution in [2.75, 3.05) is 19.8 Å². The number of amides is 2. The van der Waals surface area contributed by atoms with Gasteiger partial charge in [-0.2, -0.15) is 0 Å². The number of alkyl carbamates (subject to hydrolysis) is 1. The van der Waals surface area contributed by atoms with Crippen LogP contribution in [0.1, 0.15) is 75.2 Å². The maximum Gasteiger partial charge on any atom is 0.408 e. The highest BCUT2D eigenvalue weighted by Gasteiger charge is 2.35. The number of carbonyl (C=O) groups excluding carboxylic acids is 4. The standard InChI is InChI=1S/C32H50N2O10/c1-10-39-24-13-11-12-14-25(24)41-18-23-17-22(15-16-40-23)29(36)42-21(6)43-30(37)27(20(4)5)33-28(35)26(19(2)3)34-31(38)44-32(7,8)9/h11-14,19-23,26-27H,10,15-18H2,1-9H3,(H,33,35)(H,34,38)/t21?,22?,23?,26-,27?/m0/s1. The summed E-state index contributed by atoms with van der Waals surface area (Å²) in [6.07, 6.45) is -1.44. The first kappa shape index (κ1) is 36.7. The fraction of sp³-hybridized carbons (Fsp3) is 0.688. The van der Waals surface area contributed by atoms with Crippen molar-refractivity contribution in [3.63, 3.8) is 0 Å². The van der Waals surface area contributed by atoms with Crippen molar-refractivity contribution in [3.8, 4) is 11.5 Å². The van der Waals surface area contributed by atoms with E-state index in [9.17, 15) is 19.2 Å². The molecule has 44 heavy (non-hydrogen) atoms. The number of rotatable bonds is 14. The van der Waals surface area contributed by atoms with E-state index in [1.54, 1.807) is 48.5 Å². The molecule has 2 N–H and O–H groups in total. The fourth-order valence-corrected chi connectivity index (χ4v) is 4.47. The zero-order valence-corrected chi connectivity index (χ0v) is 27.5. The lowest BCUT2D eigenvalue weighted by Crippen LogP contribution is -2.56. The molecule has 0 saturated carbocycles. The van der Waals surface area contributed by atoms with Gasteiger partial charge in [-0.3, -0.25) is 9.59 Å². The molecule has 1 fully saturated rings. The van der Waals surface area contributed by atoms with Gasteiger partial charge in [-0.15, -0.1) is 0 Å². The van der Waals surface area contributed by atoms with E-state index in [1.807, 2.05) is 31.2 Å². The molecule has 1 aliphatic rings. The second-order valence-electron chi connectivity index (χ2n) is 12.4. The van der Waals surface area contributed by atoms with Crippen LogP contribution >= 0.6 is 0 Å². The summed E-state index contributed by atoms with van der Waals surface area (Å²) in [7, 11) is 0. The first-order valence-electron chi connectivity index (χ1n) is 15.3. The second kappa shape index (κ2) is 17.1. The molecule has 0 aliphatic carbocycles. The third kappa shape index (κ3) is 12.2. The fourth-order valence-electron chi connectivity index (χ4n) is 4.47. The van der Waals surface area contributed by atoms with E-state index in [0.29, 0.717) is 37.6 Å². The molecule has 1 aromatic carbocycles. The van der Waals surface area contributed by atoms with Crippen LogP contribution in [-0.4, -0.2) is 73.8 Å². The SMILES string of the molecule is CCOc1ccccc1OCC1CC(C(=O)OC(C)OC(=O)C(NC(=O)[C@@H](NC(=O)OC(C)(C)C)C(C)C)C(C)C)CCO1. The largest absolute Gasteiger partial charge is 0.490 e. The van der Waals surface area contributed by atoms with E-state index in [0.717, 1.165) is 0 Å². The van der Waals surface area contributed by atoms with Gasteiger partial charge in [-0.1, -0.05) is 39.8 Å². The number of esters is 2. The minimum absolute atomic E-state index is 0.230. The quantitative estimate of drug-likeness (QED) is 0.226. The summed E-state index contributed by atoms with van der Waals surface area (Å²) in [4.78, 5) is 51.4. The molecule has 248 valence electrons. The molecule has 2 amide bonds. The monoisotopic (exact) mass is 622 g/mol. The lowest BCUT2D eigenvalue weighted by Gasteiger charge is -2.30. The molecule has 12 nitrogen and oxygen atoms in total. The lowest BCUT2D eigenvalue weighted by molar-refractivity contribution is -0.192. The number of ether oxygens (including phenoxy) is 6. The van der Waals surface area contributed by atoms with Gasteiger partial charge in [0.05, 0.1) is 18.6 Å². The van der Waals surface area contributed by atoms with Crippen LogP contribution in [0.3, 0.4) is 0 Å². The van der Waals surface area contributed by atoms with Crippen LogP contribution in [0.4, 0.5) is 4.79 Å². The zero-order valence-electron chi connectivity index (χ0n) is 27.5. The first-order chi connectivity index (χ1) is 20.6. The summed E-state index contributed by atoms with van der Waals surface area (Å²) < 4.78 is 33.4. The molecular formula is C32H50N2O10. The lowest BCUT2D eigenvalue weighted by atomic mass is 9.96. The zero-order chi connectivity index (χ0) is 33.0. The second-order valence-corrected chi connectivity index (χ2v) is 12.4. The van der Waals surface area contributed by atoms with Gasteiger partial charge in [-0.05, 0) is 64.5 Å². The predicted molar refractivity (Wildman–Crippen MR) is 162 cm³/mol. The Hall–Kier alpha value is -3.54. The molecule has 0 radical (unpaired) electrons. The normalized spacial score (nSPS) is 18.9. The van der Waals surface area contributed by atoms with Crippen LogP contribution in [-0.2, 0) is 33.3 Å². The van der Waals surface area contributed by atoms with E-state index >= 15 is 0 Å². The van der Waals surface area contributed by atoms with Gasteiger partial charge in [0.25, 0.3) is 0 Å². The van der Waals surface area contributed by atoms with Gasteiger partial charge >= 0.3 is 18.0 Å². The van der Waals surface area contributed by atoms with Gasteiger partial charge < -0.3 is 39.1 Å². The van der Waals surface area contributed by atoms with Crippen molar-refractivity contribution in [1.29, 1.82) is 0 Å². The molecule has 2 rings (SSSR count). The van der Waals surface area contributed by atoms with Crippen molar-refractivity contribution in [1.82, 2.24) is 10.6 Å². The molecule has 0 bridgehead atoms. The van der Waals surface area contributed by atoms with Crippen molar-refractivity contribution in [3.05, 3.63) is 24.3 Å². The van der Waals surface area contributed by atoms with Gasteiger partial charge in [0.2, 0.25) is 12.2 Å². The van der Waals surface area contributed by atoms with Crippen LogP contribution in [0.25, 0.3) is 0 Å². The van der Waals surface area contributed by atoms with Crippen molar-refractivity contribution >= 4 is 23.9 Å². The van der Waals surface area contributed by atoms with Crippen LogP contribution in [0.15, 0.2) is 24.3 Å². The number of hydrogen-bond acceptors (Lipinski definition) is 10. The van der Waals surface area contributed by atoms with Crippen LogP contribution < -0.4 is 20.1 Å². The van der Waals surface area contributed by atoms with E-state index < -0.39 is 53.8 Å². The Labute approximate surface area is 260 Å². The Morgan fingerprint density at radius 2 is 1.52 bits per heavy atom. The number of carbonyl (C=O) groups is 4. The van der Waals surface area contributed by atoms with E-state index in [2.05, 4.69) is 10.6 Å². The Bertz CT molecular complexity index is 1100. The molecular weight excluding hydrogens is 572 g/mol. The molecule has 1 aromatic rings. The summed E-state index contributed by atoms with van der Waals surface area (Å²) in [5.74, 6) is -1.73. The highest BCUT2D eigenvalue weighted by atomic mass is 16.7. The van der Waals surface area contributed by atoms with Crippen LogP contribution in [0.2, 0.25) is 0 Å². The molecule has 5 atom stereocenters. The Balaban J connectivity index is 1.92. The molecule has 0 aromatic heterocycles. The van der Waals surface area contributed by atoms with E-state index in [1.165, 1.54) is 6.92 Å². The highest BCUT2D eigenvalue weighted by Crippen LogP contribution is 2.28. The number of para-hydroxylation sites is 2. The maximum absolute atomic E-state index is 13.1. The number of benzene rings is 1. The molecule has 1 saturated heterocycles. The Morgan fingerprint density at radius 3 is 2.09 bits per heavy atom. The van der Waals surface area contributed by atoms with Gasteiger partial charge in [-0.25, -0.2) is 9.59 Å².